The first kappa shape index (κ1) is 15.2. The zero-order valence-electron chi connectivity index (χ0n) is 11.6. The summed E-state index contributed by atoms with van der Waals surface area (Å²) >= 11 is 3.37. The lowest BCUT2D eigenvalue weighted by atomic mass is 10.1. The summed E-state index contributed by atoms with van der Waals surface area (Å²) in [6.45, 7) is 1.95. The third-order valence-corrected chi connectivity index (χ3v) is 3.44. The van der Waals surface area contributed by atoms with Gasteiger partial charge in [-0.05, 0) is 40.5 Å². The molecule has 1 amide bonds. The number of methoxy groups -OCH3 is 1. The van der Waals surface area contributed by atoms with E-state index in [1.807, 2.05) is 19.1 Å². The van der Waals surface area contributed by atoms with E-state index in [1.165, 1.54) is 18.0 Å². The number of aromatic nitrogens is 2. The lowest BCUT2D eigenvalue weighted by molar-refractivity contribution is -0.141. The second kappa shape index (κ2) is 6.53. The summed E-state index contributed by atoms with van der Waals surface area (Å²) in [6, 6.07) is 5.48. The van der Waals surface area contributed by atoms with Gasteiger partial charge in [-0.25, -0.2) is 0 Å². The number of anilines is 1. The Bertz CT molecular complexity index is 682. The minimum Gasteiger partial charge on any atom is -0.468 e. The van der Waals surface area contributed by atoms with E-state index in [1.54, 1.807) is 12.3 Å². The average Bonchev–Trinajstić information content (AvgIpc) is 2.85. The van der Waals surface area contributed by atoms with Crippen LogP contribution in [0.2, 0.25) is 0 Å². The van der Waals surface area contributed by atoms with Gasteiger partial charge in [0.25, 0.3) is 5.91 Å². The van der Waals surface area contributed by atoms with Gasteiger partial charge in [-0.15, -0.1) is 0 Å². The van der Waals surface area contributed by atoms with Crippen molar-refractivity contribution in [1.82, 2.24) is 9.78 Å². The Labute approximate surface area is 130 Å². The van der Waals surface area contributed by atoms with Crippen LogP contribution < -0.4 is 5.32 Å². The van der Waals surface area contributed by atoms with Crippen molar-refractivity contribution in [2.24, 2.45) is 0 Å². The molecule has 0 saturated heterocycles. The number of hydrogen-bond donors (Lipinski definition) is 1. The molecule has 0 bridgehead atoms. The topological polar surface area (TPSA) is 73.2 Å². The van der Waals surface area contributed by atoms with Crippen molar-refractivity contribution in [1.29, 1.82) is 0 Å². The van der Waals surface area contributed by atoms with Crippen LogP contribution in [0.3, 0.4) is 0 Å². The van der Waals surface area contributed by atoms with E-state index in [0.717, 1.165) is 10.0 Å². The maximum Gasteiger partial charge on any atom is 0.327 e. The van der Waals surface area contributed by atoms with E-state index in [9.17, 15) is 9.59 Å². The number of rotatable bonds is 4. The summed E-state index contributed by atoms with van der Waals surface area (Å²) in [5.74, 6) is -0.656. The molecular formula is C14H14BrN3O3. The van der Waals surface area contributed by atoms with Crippen LogP contribution in [-0.4, -0.2) is 28.8 Å². The van der Waals surface area contributed by atoms with E-state index in [4.69, 9.17) is 0 Å². The molecule has 0 aliphatic carbocycles. The smallest absolute Gasteiger partial charge is 0.327 e. The number of hydrogen-bond acceptors (Lipinski definition) is 4. The highest BCUT2D eigenvalue weighted by Gasteiger charge is 2.12. The number of carbonyl (C=O) groups excluding carboxylic acids is 2. The number of amides is 1. The fourth-order valence-corrected chi connectivity index (χ4v) is 2.39. The lowest BCUT2D eigenvalue weighted by Crippen LogP contribution is -2.13. The quantitative estimate of drug-likeness (QED) is 0.858. The molecule has 0 saturated carbocycles. The first-order chi connectivity index (χ1) is 9.99. The maximum absolute atomic E-state index is 12.2. The minimum atomic E-state index is -0.405. The first-order valence-corrected chi connectivity index (χ1v) is 6.95. The van der Waals surface area contributed by atoms with Gasteiger partial charge in [0.05, 0.1) is 24.6 Å². The summed E-state index contributed by atoms with van der Waals surface area (Å²) in [6.07, 6.45) is 3.04. The predicted octanol–water partition coefficient (Wildman–Crippen LogP) is 2.38. The fourth-order valence-electron chi connectivity index (χ4n) is 1.71. The van der Waals surface area contributed by atoms with Crippen LogP contribution in [0.25, 0.3) is 0 Å². The molecule has 1 aromatic carbocycles. The molecule has 0 radical (unpaired) electrons. The van der Waals surface area contributed by atoms with E-state index < -0.39 is 5.97 Å². The third-order valence-electron chi connectivity index (χ3n) is 2.78. The van der Waals surface area contributed by atoms with Crippen molar-refractivity contribution in [2.45, 2.75) is 13.5 Å². The van der Waals surface area contributed by atoms with Crippen LogP contribution in [-0.2, 0) is 16.1 Å². The summed E-state index contributed by atoms with van der Waals surface area (Å²) in [5, 5.41) is 6.70. The van der Waals surface area contributed by atoms with E-state index in [-0.39, 0.29) is 12.5 Å². The summed E-state index contributed by atoms with van der Waals surface area (Å²) in [4.78, 5) is 23.3. The largest absolute Gasteiger partial charge is 0.468 e. The number of aryl methyl sites for hydroxylation is 1. The minimum absolute atomic E-state index is 0.000592. The molecule has 0 aliphatic rings. The molecule has 0 atom stereocenters. The maximum atomic E-state index is 12.2. The molecule has 0 unspecified atom stereocenters. The second-order valence-electron chi connectivity index (χ2n) is 4.44. The van der Waals surface area contributed by atoms with Gasteiger partial charge >= 0.3 is 5.97 Å². The highest BCUT2D eigenvalue weighted by molar-refractivity contribution is 9.10. The number of benzene rings is 1. The van der Waals surface area contributed by atoms with Gasteiger partial charge in [0.1, 0.15) is 6.54 Å². The van der Waals surface area contributed by atoms with Crippen molar-refractivity contribution in [3.63, 3.8) is 0 Å². The normalized spacial score (nSPS) is 10.2. The highest BCUT2D eigenvalue weighted by atomic mass is 79.9. The van der Waals surface area contributed by atoms with Crippen molar-refractivity contribution in [2.75, 3.05) is 12.4 Å². The van der Waals surface area contributed by atoms with Crippen LogP contribution in [0.15, 0.2) is 35.1 Å². The van der Waals surface area contributed by atoms with E-state index >= 15 is 0 Å². The van der Waals surface area contributed by atoms with E-state index in [0.29, 0.717) is 11.3 Å². The third kappa shape index (κ3) is 3.91. The Hall–Kier alpha value is -2.15. The van der Waals surface area contributed by atoms with Gasteiger partial charge in [-0.3, -0.25) is 14.3 Å². The number of carbonyl (C=O) groups is 2. The number of esters is 1. The number of nitrogens with zero attached hydrogens (tertiary/aromatic N) is 2. The van der Waals surface area contributed by atoms with Gasteiger partial charge in [0, 0.05) is 10.7 Å². The Balaban J connectivity index is 2.07. The average molecular weight is 352 g/mol. The Morgan fingerprint density at radius 1 is 1.43 bits per heavy atom. The second-order valence-corrected chi connectivity index (χ2v) is 5.29. The zero-order valence-corrected chi connectivity index (χ0v) is 13.2. The van der Waals surface area contributed by atoms with Crippen LogP contribution in [0.5, 0.6) is 0 Å². The van der Waals surface area contributed by atoms with Crippen molar-refractivity contribution in [3.8, 4) is 0 Å². The molecular weight excluding hydrogens is 338 g/mol. The van der Waals surface area contributed by atoms with Crippen molar-refractivity contribution < 1.29 is 14.3 Å². The molecule has 6 nitrogen and oxygen atoms in total. The van der Waals surface area contributed by atoms with Crippen molar-refractivity contribution >= 4 is 33.5 Å². The van der Waals surface area contributed by atoms with Gasteiger partial charge < -0.3 is 10.1 Å². The van der Waals surface area contributed by atoms with Gasteiger partial charge in [0.2, 0.25) is 0 Å². The molecule has 1 N–H and O–H groups in total. The SMILES string of the molecule is COC(=O)Cn1cc(NC(=O)c2ccc(C)cc2Br)cn1. The zero-order chi connectivity index (χ0) is 15.4. The van der Waals surface area contributed by atoms with Crippen LogP contribution in [0.1, 0.15) is 15.9 Å². The van der Waals surface area contributed by atoms with Gasteiger partial charge in [0.15, 0.2) is 0 Å². The number of halogens is 1. The molecule has 1 aromatic heterocycles. The van der Waals surface area contributed by atoms with Gasteiger partial charge in [-0.1, -0.05) is 6.07 Å². The van der Waals surface area contributed by atoms with Crippen LogP contribution in [0, 0.1) is 6.92 Å². The highest BCUT2D eigenvalue weighted by Crippen LogP contribution is 2.19. The molecule has 0 spiro atoms. The molecule has 7 heteroatoms. The van der Waals surface area contributed by atoms with Crippen LogP contribution >= 0.6 is 15.9 Å². The number of nitrogens with one attached hydrogen (secondary N) is 1. The summed E-state index contributed by atoms with van der Waals surface area (Å²) < 4.78 is 6.67. The number of ether oxygens (including phenoxy) is 1. The monoisotopic (exact) mass is 351 g/mol. The van der Waals surface area contributed by atoms with Crippen molar-refractivity contribution in [3.05, 3.63) is 46.2 Å². The molecule has 2 rings (SSSR count). The first-order valence-electron chi connectivity index (χ1n) is 6.16. The Morgan fingerprint density at radius 3 is 2.86 bits per heavy atom. The lowest BCUT2D eigenvalue weighted by Gasteiger charge is -2.05. The molecule has 0 aliphatic heterocycles. The summed E-state index contributed by atoms with van der Waals surface area (Å²) in [5.41, 5.74) is 2.10. The Morgan fingerprint density at radius 2 is 2.19 bits per heavy atom. The summed E-state index contributed by atoms with van der Waals surface area (Å²) in [7, 11) is 1.31. The Kier molecular flexibility index (Phi) is 4.74. The molecule has 0 fully saturated rings. The molecule has 110 valence electrons. The standard InChI is InChI=1S/C14H14BrN3O3/c1-9-3-4-11(12(15)5-9)14(20)17-10-6-16-18(7-10)8-13(19)21-2/h3-7H,8H2,1-2H3,(H,17,20). The van der Waals surface area contributed by atoms with E-state index in [2.05, 4.69) is 31.1 Å². The van der Waals surface area contributed by atoms with Crippen LogP contribution in [0.4, 0.5) is 5.69 Å². The predicted molar refractivity (Wildman–Crippen MR) is 81.1 cm³/mol. The molecule has 21 heavy (non-hydrogen) atoms. The molecule has 1 heterocycles. The fraction of sp³-hybridized carbons (Fsp3) is 0.214. The molecule has 2 aromatic rings. The van der Waals surface area contributed by atoms with Gasteiger partial charge in [-0.2, -0.15) is 5.10 Å².